The summed E-state index contributed by atoms with van der Waals surface area (Å²) in [6.45, 7) is 0. The molecule has 2 rings (SSSR count). The van der Waals surface area contributed by atoms with Gasteiger partial charge in [-0.3, -0.25) is 4.79 Å². The van der Waals surface area contributed by atoms with Crippen molar-refractivity contribution in [3.05, 3.63) is 58.6 Å². The highest BCUT2D eigenvalue weighted by atomic mass is 35.5. The van der Waals surface area contributed by atoms with Crippen molar-refractivity contribution in [3.63, 3.8) is 0 Å². The van der Waals surface area contributed by atoms with Crippen LogP contribution >= 0.6 is 23.4 Å². The number of benzene rings is 2. The van der Waals surface area contributed by atoms with Crippen LogP contribution in [0.3, 0.4) is 0 Å². The van der Waals surface area contributed by atoms with Gasteiger partial charge in [0.25, 0.3) is 0 Å². The molecule has 0 radical (unpaired) electrons. The van der Waals surface area contributed by atoms with Crippen molar-refractivity contribution in [2.45, 2.75) is 4.90 Å². The fraction of sp³-hybridized carbons (Fsp3) is 0.0714. The fourth-order valence-corrected chi connectivity index (χ4v) is 2.17. The lowest BCUT2D eigenvalue weighted by Crippen LogP contribution is -2.01. The van der Waals surface area contributed by atoms with Gasteiger partial charge in [0.1, 0.15) is 0 Å². The molecule has 0 aliphatic rings. The number of anilines is 1. The molecule has 92 valence electrons. The van der Waals surface area contributed by atoms with E-state index in [0.29, 0.717) is 21.8 Å². The van der Waals surface area contributed by atoms with Crippen LogP contribution in [0.1, 0.15) is 15.9 Å². The molecule has 0 aromatic heterocycles. The van der Waals surface area contributed by atoms with Gasteiger partial charge in [-0.25, -0.2) is 0 Å². The third-order valence-corrected chi connectivity index (χ3v) is 3.69. The summed E-state index contributed by atoms with van der Waals surface area (Å²) in [6, 6.07) is 12.4. The van der Waals surface area contributed by atoms with Crippen molar-refractivity contribution >= 4 is 34.8 Å². The molecule has 0 bridgehead atoms. The highest BCUT2D eigenvalue weighted by Gasteiger charge is 2.10. The van der Waals surface area contributed by atoms with E-state index in [1.54, 1.807) is 30.0 Å². The van der Waals surface area contributed by atoms with E-state index in [4.69, 9.17) is 17.3 Å². The van der Waals surface area contributed by atoms with E-state index < -0.39 is 0 Å². The lowest BCUT2D eigenvalue weighted by Gasteiger charge is -2.04. The minimum Gasteiger partial charge on any atom is -0.398 e. The van der Waals surface area contributed by atoms with Crippen molar-refractivity contribution in [1.29, 1.82) is 0 Å². The molecular formula is C14H12ClNOS. The summed E-state index contributed by atoms with van der Waals surface area (Å²) >= 11 is 7.55. The van der Waals surface area contributed by atoms with Gasteiger partial charge in [-0.2, -0.15) is 0 Å². The Kier molecular flexibility index (Phi) is 3.94. The van der Waals surface area contributed by atoms with E-state index >= 15 is 0 Å². The van der Waals surface area contributed by atoms with Crippen molar-refractivity contribution < 1.29 is 4.79 Å². The summed E-state index contributed by atoms with van der Waals surface area (Å²) in [5.74, 6) is -0.0513. The fourth-order valence-electron chi connectivity index (χ4n) is 1.58. The zero-order valence-electron chi connectivity index (χ0n) is 9.81. The van der Waals surface area contributed by atoms with Gasteiger partial charge in [-0.05, 0) is 48.7 Å². The van der Waals surface area contributed by atoms with E-state index in [2.05, 4.69) is 0 Å². The maximum Gasteiger partial charge on any atom is 0.193 e. The quantitative estimate of drug-likeness (QED) is 0.526. The number of ketones is 1. The first-order valence-corrected chi connectivity index (χ1v) is 6.96. The molecule has 2 nitrogen and oxygen atoms in total. The van der Waals surface area contributed by atoms with E-state index in [0.717, 1.165) is 4.90 Å². The average molecular weight is 278 g/mol. The van der Waals surface area contributed by atoms with Crippen LogP contribution in [-0.2, 0) is 0 Å². The molecule has 0 atom stereocenters. The summed E-state index contributed by atoms with van der Waals surface area (Å²) in [5, 5.41) is 0.404. The molecule has 0 aliphatic heterocycles. The van der Waals surface area contributed by atoms with Crippen LogP contribution in [0.25, 0.3) is 0 Å². The number of thioether (sulfide) groups is 1. The van der Waals surface area contributed by atoms with Crippen LogP contribution in [-0.4, -0.2) is 12.0 Å². The second-order valence-electron chi connectivity index (χ2n) is 3.79. The molecule has 18 heavy (non-hydrogen) atoms. The largest absolute Gasteiger partial charge is 0.398 e. The number of carbonyl (C=O) groups excluding carboxylic acids is 1. The Labute approximate surface area is 115 Å². The summed E-state index contributed by atoms with van der Waals surface area (Å²) in [7, 11) is 0. The SMILES string of the molecule is CSc1ccc(C(=O)c2ccc(N)c(Cl)c2)cc1. The Hall–Kier alpha value is -1.45. The monoisotopic (exact) mass is 277 g/mol. The molecule has 2 N–H and O–H groups in total. The zero-order valence-corrected chi connectivity index (χ0v) is 11.4. The molecule has 0 fully saturated rings. The Morgan fingerprint density at radius 1 is 1.11 bits per heavy atom. The van der Waals surface area contributed by atoms with Crippen molar-refractivity contribution in [3.8, 4) is 0 Å². The molecule has 2 aromatic rings. The minimum absolute atomic E-state index is 0.0513. The Morgan fingerprint density at radius 2 is 1.72 bits per heavy atom. The molecule has 0 spiro atoms. The Morgan fingerprint density at radius 3 is 2.28 bits per heavy atom. The molecule has 0 heterocycles. The van der Waals surface area contributed by atoms with Crippen LogP contribution in [0, 0.1) is 0 Å². The average Bonchev–Trinajstić information content (AvgIpc) is 2.41. The Balaban J connectivity index is 2.32. The standard InChI is InChI=1S/C14H12ClNOS/c1-18-11-5-2-9(3-6-11)14(17)10-4-7-13(16)12(15)8-10/h2-8H,16H2,1H3. The number of carbonyl (C=O) groups is 1. The first-order valence-electron chi connectivity index (χ1n) is 5.35. The molecule has 0 unspecified atom stereocenters. The molecule has 4 heteroatoms. The van der Waals surface area contributed by atoms with Crippen molar-refractivity contribution in [2.24, 2.45) is 0 Å². The van der Waals surface area contributed by atoms with Crippen molar-refractivity contribution in [2.75, 3.05) is 12.0 Å². The smallest absolute Gasteiger partial charge is 0.193 e. The van der Waals surface area contributed by atoms with Gasteiger partial charge in [-0.1, -0.05) is 11.6 Å². The number of hydrogen-bond donors (Lipinski definition) is 1. The lowest BCUT2D eigenvalue weighted by molar-refractivity contribution is 0.103. The van der Waals surface area contributed by atoms with Gasteiger partial charge < -0.3 is 5.73 Å². The molecule has 0 amide bonds. The number of hydrogen-bond acceptors (Lipinski definition) is 3. The first-order chi connectivity index (χ1) is 8.61. The minimum atomic E-state index is -0.0513. The third kappa shape index (κ3) is 2.68. The molecule has 0 saturated carbocycles. The second-order valence-corrected chi connectivity index (χ2v) is 5.08. The topological polar surface area (TPSA) is 43.1 Å². The summed E-state index contributed by atoms with van der Waals surface area (Å²) in [6.07, 6.45) is 2.00. The normalized spacial score (nSPS) is 10.3. The van der Waals surface area contributed by atoms with E-state index in [9.17, 15) is 4.79 Å². The summed E-state index contributed by atoms with van der Waals surface area (Å²) in [4.78, 5) is 13.3. The van der Waals surface area contributed by atoms with Gasteiger partial charge in [0.2, 0.25) is 0 Å². The first kappa shape index (κ1) is 13.0. The Bertz CT molecular complexity index is 581. The molecule has 0 saturated heterocycles. The third-order valence-electron chi connectivity index (χ3n) is 2.61. The van der Waals surface area contributed by atoms with Crippen LogP contribution in [0.4, 0.5) is 5.69 Å². The lowest BCUT2D eigenvalue weighted by atomic mass is 10.0. The summed E-state index contributed by atoms with van der Waals surface area (Å²) in [5.41, 5.74) is 7.29. The molecular weight excluding hydrogens is 266 g/mol. The van der Waals surface area contributed by atoms with Gasteiger partial charge in [-0.15, -0.1) is 11.8 Å². The predicted molar refractivity (Wildman–Crippen MR) is 77.5 cm³/mol. The van der Waals surface area contributed by atoms with Crippen molar-refractivity contribution in [1.82, 2.24) is 0 Å². The maximum absolute atomic E-state index is 12.2. The van der Waals surface area contributed by atoms with Gasteiger partial charge in [0, 0.05) is 16.0 Å². The van der Waals surface area contributed by atoms with Gasteiger partial charge in [0.05, 0.1) is 10.7 Å². The van der Waals surface area contributed by atoms with Gasteiger partial charge >= 0.3 is 0 Å². The second kappa shape index (κ2) is 5.46. The van der Waals surface area contributed by atoms with Gasteiger partial charge in [0.15, 0.2) is 5.78 Å². The molecule has 0 aliphatic carbocycles. The van der Waals surface area contributed by atoms with E-state index in [1.807, 2.05) is 30.5 Å². The highest BCUT2D eigenvalue weighted by Crippen LogP contribution is 2.22. The van der Waals surface area contributed by atoms with Crippen LogP contribution in [0.15, 0.2) is 47.4 Å². The zero-order chi connectivity index (χ0) is 13.1. The maximum atomic E-state index is 12.2. The number of rotatable bonds is 3. The highest BCUT2D eigenvalue weighted by molar-refractivity contribution is 7.98. The number of nitrogen functional groups attached to an aromatic ring is 1. The summed E-state index contributed by atoms with van der Waals surface area (Å²) < 4.78 is 0. The van der Waals surface area contributed by atoms with E-state index in [1.165, 1.54) is 0 Å². The van der Waals surface area contributed by atoms with Crippen LogP contribution in [0.2, 0.25) is 5.02 Å². The van der Waals surface area contributed by atoms with E-state index in [-0.39, 0.29) is 5.78 Å². The van der Waals surface area contributed by atoms with Crippen LogP contribution in [0.5, 0.6) is 0 Å². The van der Waals surface area contributed by atoms with Crippen LogP contribution < -0.4 is 5.73 Å². The predicted octanol–water partition coefficient (Wildman–Crippen LogP) is 3.88. The number of halogens is 1. The molecule has 2 aromatic carbocycles. The number of nitrogens with two attached hydrogens (primary N) is 1.